The molecule has 0 aromatic carbocycles. The van der Waals surface area contributed by atoms with Crippen LogP contribution in [0.1, 0.15) is 0 Å². The molecule has 0 fully saturated rings. The van der Waals surface area contributed by atoms with E-state index in [2.05, 4.69) is 0 Å². The van der Waals surface area contributed by atoms with Gasteiger partial charge in [-0.1, -0.05) is 0 Å². The zero-order chi connectivity index (χ0) is 0. The Labute approximate surface area is 68.7 Å². The van der Waals surface area contributed by atoms with E-state index in [-0.39, 0.29) is 68.9 Å². The Balaban J connectivity index is 0. The first-order valence-electron chi connectivity index (χ1n) is 0. The fourth-order valence-corrected chi connectivity index (χ4v) is 0. The van der Waals surface area contributed by atoms with Crippen LogP contribution >= 0.6 is 0 Å². The van der Waals surface area contributed by atoms with Crippen LogP contribution in [0.3, 0.4) is 0 Å². The summed E-state index contributed by atoms with van der Waals surface area (Å²) in [5, 5.41) is 0. The van der Waals surface area contributed by atoms with Crippen molar-refractivity contribution in [3.05, 3.63) is 0 Å². The minimum Gasteiger partial charge on any atom is -1.00 e. The van der Waals surface area contributed by atoms with Crippen LogP contribution in [-0.2, 0) is 5.48 Å². The number of hydrogen-bond acceptors (Lipinski definition) is 0. The molecule has 0 rings (SSSR count). The number of hydrogen-bond donors (Lipinski definition) is 0. The SMILES string of the molecule is [F-].[F-].[F-].[F-].[F-].[Gd+3].[OH4+2]. The van der Waals surface area contributed by atoms with Gasteiger partial charge in [-0.2, -0.15) is 0 Å². The predicted molar refractivity (Wildman–Crippen MR) is 6.27 cm³/mol. The first kappa shape index (κ1) is 437. The third-order valence-electron chi connectivity index (χ3n) is 0. The molecule has 0 aromatic rings. The molecule has 0 heterocycles. The maximum atomic E-state index is 0. The van der Waals surface area contributed by atoms with Crippen molar-refractivity contribution in [2.45, 2.75) is 0 Å². The normalized spacial score (nSPS) is 0. The Bertz CT molecular complexity index is 8.04. The van der Waals surface area contributed by atoms with Gasteiger partial charge in [-0.15, -0.1) is 0 Å². The van der Waals surface area contributed by atoms with Crippen molar-refractivity contribution in [1.82, 2.24) is 0 Å². The molecule has 0 amide bonds. The van der Waals surface area contributed by atoms with E-state index < -0.39 is 0 Å². The van der Waals surface area contributed by atoms with Gasteiger partial charge in [0, 0.05) is 0 Å². The predicted octanol–water partition coefficient (Wildman–Crippen LogP) is -16.2. The van der Waals surface area contributed by atoms with Crippen LogP contribution in [0.4, 0.5) is 0 Å². The molecule has 0 aliphatic rings. The van der Waals surface area contributed by atoms with Gasteiger partial charge in [0.25, 0.3) is 0 Å². The van der Waals surface area contributed by atoms with E-state index >= 15 is 0 Å². The van der Waals surface area contributed by atoms with Crippen molar-refractivity contribution >= 4 is 0 Å². The minimum atomic E-state index is 0. The van der Waals surface area contributed by atoms with Crippen LogP contribution in [0.25, 0.3) is 0 Å². The van der Waals surface area contributed by atoms with Crippen LogP contribution in [-0.4, -0.2) is 0 Å². The Morgan fingerprint density at radius 2 is 0.429 bits per heavy atom. The second kappa shape index (κ2) is 280. The summed E-state index contributed by atoms with van der Waals surface area (Å²) in [6.45, 7) is 0. The molecule has 0 aliphatic heterocycles. The molecule has 0 aliphatic carbocycles. The molecule has 0 aromatic heterocycles. The third kappa shape index (κ3) is 193. The van der Waals surface area contributed by atoms with Crippen LogP contribution in [0, 0.1) is 39.9 Å². The van der Waals surface area contributed by atoms with Crippen molar-refractivity contribution in [2.75, 3.05) is 0 Å². The van der Waals surface area contributed by atoms with Crippen LogP contribution < -0.4 is 23.5 Å². The maximum Gasteiger partial charge on any atom is 3.00 e. The molecule has 0 bridgehead atoms. The molecule has 7 heteroatoms. The minimum absolute atomic E-state index is 0. The molecule has 0 spiro atoms. The van der Waals surface area contributed by atoms with Crippen molar-refractivity contribution in [1.29, 1.82) is 0 Å². The second-order valence-corrected chi connectivity index (χ2v) is 0. The van der Waals surface area contributed by atoms with Gasteiger partial charge in [-0.3, -0.25) is 0 Å². The molecule has 0 saturated heterocycles. The molecule has 1 radical (unpaired) electrons. The van der Waals surface area contributed by atoms with Crippen molar-refractivity contribution in [3.63, 3.8) is 0 Å². The Morgan fingerprint density at radius 3 is 0.429 bits per heavy atom. The van der Waals surface area contributed by atoms with Crippen LogP contribution in [0.2, 0.25) is 0 Å². The van der Waals surface area contributed by atoms with Crippen molar-refractivity contribution in [3.8, 4) is 0 Å². The van der Waals surface area contributed by atoms with E-state index in [9.17, 15) is 0 Å². The zero-order valence-electron chi connectivity index (χ0n) is 2.95. The standard InChI is InChI=1S/5FH.Gd.H4O/h5*1H;;1H4/q;;;;;+3;+2/p-5. The molecule has 4 N–H and O–H groups in total. The smallest absolute Gasteiger partial charge is 1.00 e. The van der Waals surface area contributed by atoms with E-state index in [1.807, 2.05) is 0 Å². The molecule has 0 saturated carbocycles. The molecule has 53 valence electrons. The van der Waals surface area contributed by atoms with Gasteiger partial charge in [0.1, 0.15) is 0 Å². The number of halogens is 5. The van der Waals surface area contributed by atoms with E-state index in [0.717, 1.165) is 0 Å². The third-order valence-corrected chi connectivity index (χ3v) is 0. The molecule has 0 unspecified atom stereocenters. The van der Waals surface area contributed by atoms with Crippen LogP contribution in [0.5, 0.6) is 0 Å². The van der Waals surface area contributed by atoms with Gasteiger partial charge in [0.15, 0.2) is 0 Å². The van der Waals surface area contributed by atoms with Gasteiger partial charge in [-0.05, 0) is 0 Å². The molecular weight excluding hydrogens is 268 g/mol. The second-order valence-electron chi connectivity index (χ2n) is 0. The first-order chi connectivity index (χ1) is 0. The van der Waals surface area contributed by atoms with Gasteiger partial charge in [0.05, 0.1) is 0 Å². The molecule has 7 heavy (non-hydrogen) atoms. The number of rotatable bonds is 0. The zero-order valence-corrected chi connectivity index (χ0v) is 5.22. The monoisotopic (exact) mass is 273 g/mol. The van der Waals surface area contributed by atoms with E-state index in [4.69, 9.17) is 0 Å². The molecular formula is H4F5GdO. The summed E-state index contributed by atoms with van der Waals surface area (Å²) < 4.78 is 0. The summed E-state index contributed by atoms with van der Waals surface area (Å²) in [6, 6.07) is 0. The Morgan fingerprint density at radius 1 is 0.429 bits per heavy atom. The van der Waals surface area contributed by atoms with Gasteiger partial charge < -0.3 is 29.0 Å². The molecule has 1 nitrogen and oxygen atoms in total. The average molecular weight is 272 g/mol. The van der Waals surface area contributed by atoms with E-state index in [1.165, 1.54) is 0 Å². The summed E-state index contributed by atoms with van der Waals surface area (Å²) >= 11 is 0. The van der Waals surface area contributed by atoms with Crippen molar-refractivity contribution in [2.24, 2.45) is 0 Å². The summed E-state index contributed by atoms with van der Waals surface area (Å²) in [5.74, 6) is 0. The largest absolute Gasteiger partial charge is 3.00 e. The summed E-state index contributed by atoms with van der Waals surface area (Å²) in [7, 11) is 0. The average Bonchev–Trinajstić information content (AvgIpc) is 0. The Kier molecular flexibility index (Phi) is 17400. The maximum absolute atomic E-state index is 0. The first-order valence-corrected chi connectivity index (χ1v) is 0. The van der Waals surface area contributed by atoms with Gasteiger partial charge in [0.2, 0.25) is 0 Å². The van der Waals surface area contributed by atoms with E-state index in [0.29, 0.717) is 0 Å². The summed E-state index contributed by atoms with van der Waals surface area (Å²) in [6.07, 6.45) is 0. The van der Waals surface area contributed by atoms with Crippen LogP contribution in [0.15, 0.2) is 0 Å². The summed E-state index contributed by atoms with van der Waals surface area (Å²) in [5.41, 5.74) is 0. The van der Waals surface area contributed by atoms with Gasteiger partial charge >= 0.3 is 39.9 Å². The summed E-state index contributed by atoms with van der Waals surface area (Å²) in [4.78, 5) is 0. The quantitative estimate of drug-likeness (QED) is 0.393. The fraction of sp³-hybridized carbons (Fsp3) is 0. The van der Waals surface area contributed by atoms with E-state index in [1.54, 1.807) is 0 Å². The van der Waals surface area contributed by atoms with Crippen molar-refractivity contribution < 1.29 is 68.9 Å². The fourth-order valence-electron chi connectivity index (χ4n) is 0. The van der Waals surface area contributed by atoms with Gasteiger partial charge in [-0.25, -0.2) is 0 Å². The molecule has 0 atom stereocenters. The topological polar surface area (TPSA) is 34.5 Å². The Hall–Kier alpha value is 0.935.